The second-order valence-corrected chi connectivity index (χ2v) is 24.1. The summed E-state index contributed by atoms with van der Waals surface area (Å²) in [6.45, 7) is 5.80. The Morgan fingerprint density at radius 1 is 0.648 bits per heavy atom. The molecule has 7 amide bonds. The van der Waals surface area contributed by atoms with Gasteiger partial charge in [0, 0.05) is 37.4 Å². The molecule has 7 rings (SSSR count). The lowest BCUT2D eigenvalue weighted by atomic mass is 9.96. The fourth-order valence-corrected chi connectivity index (χ4v) is 10.8. The quantitative estimate of drug-likeness (QED) is 0.0453. The zero-order valence-electron chi connectivity index (χ0n) is 50.6. The fourth-order valence-electron chi connectivity index (χ4n) is 10.8. The lowest BCUT2D eigenvalue weighted by Gasteiger charge is -2.34. The first-order valence-electron chi connectivity index (χ1n) is 29.7. The number of unbranched alkanes of at least 4 members (excludes halogenated alkanes) is 2. The number of aromatic hydroxyl groups is 1. The summed E-state index contributed by atoms with van der Waals surface area (Å²) in [6, 6.07) is 15.3. The largest absolute Gasteiger partial charge is 0.508 e. The highest BCUT2D eigenvalue weighted by Gasteiger charge is 2.50. The molecule has 25 nitrogen and oxygen atoms in total. The maximum atomic E-state index is 14.8. The maximum absolute atomic E-state index is 14.8. The normalized spacial score (nSPS) is 26.7. The van der Waals surface area contributed by atoms with E-state index in [0.29, 0.717) is 11.1 Å². The van der Waals surface area contributed by atoms with Crippen LogP contribution < -0.4 is 31.3 Å². The molecule has 0 bridgehead atoms. The van der Waals surface area contributed by atoms with Crippen molar-refractivity contribution in [2.75, 3.05) is 54.0 Å². The van der Waals surface area contributed by atoms with E-state index in [1.807, 2.05) is 69.7 Å². The molecule has 3 aliphatic heterocycles. The fraction of sp³-hybridized carbons (Fsp3) is 0.508. The highest BCUT2D eigenvalue weighted by Crippen LogP contribution is 2.30. The molecule has 0 aromatic heterocycles. The number of hydrogen-bond acceptors (Lipinski definition) is 17. The van der Waals surface area contributed by atoms with E-state index in [2.05, 4.69) is 33.5 Å². The summed E-state index contributed by atoms with van der Waals surface area (Å²) in [5.74, 6) is -8.24. The number of benzene rings is 4. The van der Waals surface area contributed by atoms with Crippen LogP contribution in [-0.4, -0.2) is 230 Å². The SMILES string of the molecule is CCCCCOc1ccc(-c2ccc(-c3ccc(C(=O)N[C@@H]4C[C@@H](O)C(OCC[N+](C)(C)C)NC(=O)C5[C@@H](O)[C@@H](C)CN5C(=O)C([C@@H](C)O)NC(=O)C([C@H](O)[C@@H](O)c5ccc(O)cc5)NC(=O)C5C[C@@H](O)CN5C(=O)C([C@@H](C)O)NC4=O)cc3)cc2)cc1. The van der Waals surface area contributed by atoms with E-state index < -0.39 is 152 Å². The zero-order chi connectivity index (χ0) is 64.3. The Kier molecular flexibility index (Phi) is 23.2. The third-order valence-electron chi connectivity index (χ3n) is 16.1. The van der Waals surface area contributed by atoms with Crippen molar-refractivity contribution in [3.8, 4) is 33.8 Å². The van der Waals surface area contributed by atoms with Crippen molar-refractivity contribution < 1.29 is 88.4 Å². The van der Waals surface area contributed by atoms with E-state index in [-0.39, 0.29) is 36.6 Å². The van der Waals surface area contributed by atoms with Crippen LogP contribution >= 0.6 is 0 Å². The van der Waals surface area contributed by atoms with Gasteiger partial charge in [-0.05, 0) is 84.5 Å². The molecular formula is C63H85N8O17+. The van der Waals surface area contributed by atoms with E-state index in [9.17, 15) is 74.4 Å². The van der Waals surface area contributed by atoms with E-state index in [1.165, 1.54) is 43.3 Å². The van der Waals surface area contributed by atoms with Gasteiger partial charge in [0.1, 0.15) is 72.6 Å². The van der Waals surface area contributed by atoms with Crippen LogP contribution in [0.2, 0.25) is 0 Å². The molecule has 0 aliphatic carbocycles. The summed E-state index contributed by atoms with van der Waals surface area (Å²) in [5, 5.41) is 103. The van der Waals surface area contributed by atoms with Gasteiger partial charge in [-0.15, -0.1) is 0 Å². The third kappa shape index (κ3) is 17.2. The van der Waals surface area contributed by atoms with Crippen LogP contribution in [0.15, 0.2) is 97.1 Å². The molecule has 6 unspecified atom stereocenters. The highest BCUT2D eigenvalue weighted by molar-refractivity contribution is 6.00. The molecule has 3 heterocycles. The van der Waals surface area contributed by atoms with Gasteiger partial charge < -0.3 is 91.2 Å². The summed E-state index contributed by atoms with van der Waals surface area (Å²) in [5.41, 5.74) is 3.48. The van der Waals surface area contributed by atoms with Gasteiger partial charge in [-0.1, -0.05) is 87.4 Å². The minimum atomic E-state index is -2.29. The van der Waals surface area contributed by atoms with Crippen LogP contribution in [-0.2, 0) is 33.5 Å². The number of aliphatic hydroxyl groups is 7. The molecule has 3 aliphatic rings. The second kappa shape index (κ2) is 30.1. The van der Waals surface area contributed by atoms with Gasteiger partial charge in [-0.25, -0.2) is 0 Å². The number of likely N-dealkylation sites (N-methyl/N-ethyl adjacent to an activating group) is 1. The summed E-state index contributed by atoms with van der Waals surface area (Å²) < 4.78 is 12.3. The minimum absolute atomic E-state index is 0.0470. The Hall–Kier alpha value is -7.59. The van der Waals surface area contributed by atoms with Crippen molar-refractivity contribution >= 4 is 41.4 Å². The zero-order valence-corrected chi connectivity index (χ0v) is 50.6. The first-order valence-corrected chi connectivity index (χ1v) is 29.7. The van der Waals surface area contributed by atoms with Crippen LogP contribution in [0, 0.1) is 5.92 Å². The molecule has 13 N–H and O–H groups in total. The van der Waals surface area contributed by atoms with Crippen LogP contribution in [0.1, 0.15) is 81.8 Å². The third-order valence-corrected chi connectivity index (χ3v) is 16.1. The molecule has 0 spiro atoms. The molecule has 25 heteroatoms. The number of ether oxygens (including phenoxy) is 2. The van der Waals surface area contributed by atoms with Gasteiger partial charge in [-0.3, -0.25) is 33.6 Å². The number of hydrogen-bond donors (Lipinski definition) is 13. The molecule has 478 valence electrons. The number of carbonyl (C=O) groups excluding carboxylic acids is 7. The molecule has 4 aromatic rings. The number of aliphatic hydroxyl groups excluding tert-OH is 7. The van der Waals surface area contributed by atoms with E-state index in [1.54, 1.807) is 12.1 Å². The maximum Gasteiger partial charge on any atom is 0.251 e. The number of carbonyl (C=O) groups is 7. The van der Waals surface area contributed by atoms with Gasteiger partial charge in [-0.2, -0.15) is 0 Å². The van der Waals surface area contributed by atoms with Crippen molar-refractivity contribution in [2.24, 2.45) is 5.92 Å². The molecule has 4 aromatic carbocycles. The van der Waals surface area contributed by atoms with Crippen molar-refractivity contribution in [1.82, 2.24) is 36.4 Å². The summed E-state index contributed by atoms with van der Waals surface area (Å²) >= 11 is 0. The van der Waals surface area contributed by atoms with E-state index in [4.69, 9.17) is 9.47 Å². The summed E-state index contributed by atoms with van der Waals surface area (Å²) in [6.07, 6.45) is -12.6. The summed E-state index contributed by atoms with van der Waals surface area (Å²) in [7, 11) is 5.52. The monoisotopic (exact) mass is 1230 g/mol. The number of phenolic OH excluding ortho intramolecular Hbond substituents is 1. The predicted octanol–water partition coefficient (Wildman–Crippen LogP) is -0.197. The number of amides is 7. The Bertz CT molecular complexity index is 3040. The first-order chi connectivity index (χ1) is 41.6. The molecular weight excluding hydrogens is 1140 g/mol. The Morgan fingerprint density at radius 2 is 1.18 bits per heavy atom. The van der Waals surface area contributed by atoms with E-state index >= 15 is 0 Å². The Morgan fingerprint density at radius 3 is 1.74 bits per heavy atom. The lowest BCUT2D eigenvalue weighted by Crippen LogP contribution is -2.64. The first kappa shape index (κ1) is 67.9. The Balaban J connectivity index is 1.23. The second-order valence-electron chi connectivity index (χ2n) is 24.1. The number of nitrogens with one attached hydrogen (secondary N) is 5. The van der Waals surface area contributed by atoms with Crippen LogP contribution in [0.25, 0.3) is 22.3 Å². The van der Waals surface area contributed by atoms with Crippen molar-refractivity contribution in [2.45, 2.75) is 145 Å². The van der Waals surface area contributed by atoms with Gasteiger partial charge in [0.05, 0.1) is 58.8 Å². The van der Waals surface area contributed by atoms with Crippen molar-refractivity contribution in [3.63, 3.8) is 0 Å². The van der Waals surface area contributed by atoms with Gasteiger partial charge in [0.15, 0.2) is 6.23 Å². The highest BCUT2D eigenvalue weighted by atomic mass is 16.5. The van der Waals surface area contributed by atoms with Gasteiger partial charge in [0.2, 0.25) is 35.4 Å². The van der Waals surface area contributed by atoms with Crippen molar-refractivity contribution in [1.29, 1.82) is 0 Å². The summed E-state index contributed by atoms with van der Waals surface area (Å²) in [4.78, 5) is 104. The molecule has 0 saturated carbocycles. The molecule has 3 fully saturated rings. The number of quaternary nitrogens is 1. The Labute approximate surface area is 511 Å². The van der Waals surface area contributed by atoms with Gasteiger partial charge in [0.25, 0.3) is 5.91 Å². The van der Waals surface area contributed by atoms with Crippen LogP contribution in [0.4, 0.5) is 0 Å². The van der Waals surface area contributed by atoms with Crippen molar-refractivity contribution in [3.05, 3.63) is 108 Å². The molecule has 0 radical (unpaired) electrons. The lowest BCUT2D eigenvalue weighted by molar-refractivity contribution is -0.870. The predicted molar refractivity (Wildman–Crippen MR) is 320 cm³/mol. The number of rotatable bonds is 18. The number of fused-ring (bicyclic) bond motifs is 2. The average Bonchev–Trinajstić information content (AvgIpc) is 2.08. The minimum Gasteiger partial charge on any atom is -0.508 e. The van der Waals surface area contributed by atoms with Crippen LogP contribution in [0.3, 0.4) is 0 Å². The topological polar surface area (TPSA) is 366 Å². The van der Waals surface area contributed by atoms with E-state index in [0.717, 1.165) is 70.9 Å². The molecule has 3 saturated heterocycles. The number of phenols is 1. The standard InChI is InChI=1S/C63H84N8O17/c1-8-9-10-28-87-45-25-21-40(22-26-45)38-13-11-37(12-14-38)39-15-17-42(18-16-39)56(80)64-46-31-48(76)61(88-29-27-71(5,6)7)68-60(84)52-53(77)34(2)32-70(52)63(86)50(36(4)73)66-59(83)51(55(79)54(78)41-19-23-43(74)24-20-41)67-58(82)47-30-44(75)33-69(47)62(85)49(35(3)72)65-57(46)81/h11-26,34-36,44,46-55,61,72-73,75-79H,8-10,27-33H2,1-7H3,(H5-,64,65,66,67,68,74,80,81,82,83,84)/p+1/t34-,35+,36+,44+,46+,47?,48+,49?,50?,51?,52?,53-,54-,55-,61?/m0/s1. The number of nitrogens with zero attached hydrogens (tertiary/aromatic N) is 3. The molecule has 88 heavy (non-hydrogen) atoms. The average molecular weight is 1230 g/mol. The van der Waals surface area contributed by atoms with Gasteiger partial charge >= 0.3 is 0 Å². The molecule has 15 atom stereocenters. The van der Waals surface area contributed by atoms with Crippen LogP contribution in [0.5, 0.6) is 11.5 Å². The smallest absolute Gasteiger partial charge is 0.251 e.